The van der Waals surface area contributed by atoms with Gasteiger partial charge in [0.15, 0.2) is 0 Å². The van der Waals surface area contributed by atoms with Crippen molar-refractivity contribution in [2.24, 2.45) is 0 Å². The number of nitrogens with zero attached hydrogens (tertiary/aromatic N) is 1. The van der Waals surface area contributed by atoms with Gasteiger partial charge >= 0.3 is 0 Å². The maximum Gasteiger partial charge on any atom is 0.293 e. The molecule has 0 amide bonds. The van der Waals surface area contributed by atoms with Crippen molar-refractivity contribution >= 4 is 18.1 Å². The van der Waals surface area contributed by atoms with E-state index in [0.717, 1.165) is 24.0 Å². The van der Waals surface area contributed by atoms with Crippen LogP contribution in [0.4, 0.5) is 0 Å². The van der Waals surface area contributed by atoms with Crippen molar-refractivity contribution in [2.45, 2.75) is 24.9 Å². The molecule has 1 saturated carbocycles. The Balaban J connectivity index is 2.34. The highest BCUT2D eigenvalue weighted by molar-refractivity contribution is 6.32. The lowest BCUT2D eigenvalue weighted by Crippen LogP contribution is -2.05. The van der Waals surface area contributed by atoms with Crippen LogP contribution in [0.3, 0.4) is 0 Å². The second kappa shape index (κ2) is 4.15. The van der Waals surface area contributed by atoms with Gasteiger partial charge < -0.3 is 4.74 Å². The van der Waals surface area contributed by atoms with E-state index >= 15 is 0 Å². The van der Waals surface area contributed by atoms with E-state index in [4.69, 9.17) is 16.9 Å². The first-order valence-electron chi connectivity index (χ1n) is 4.98. The molecule has 0 atom stereocenters. The molecule has 0 bridgehead atoms. The van der Waals surface area contributed by atoms with Gasteiger partial charge in [0.25, 0.3) is 6.47 Å². The zero-order chi connectivity index (χ0) is 11.6. The first-order valence-corrected chi connectivity index (χ1v) is 5.36. The zero-order valence-electron chi connectivity index (χ0n) is 8.57. The quantitative estimate of drug-likeness (QED) is 0.754. The van der Waals surface area contributed by atoms with Gasteiger partial charge in [-0.3, -0.25) is 4.79 Å². The molecule has 1 fully saturated rings. The molecular weight excluding hydrogens is 226 g/mol. The Bertz CT molecular complexity index is 461. The second-order valence-corrected chi connectivity index (χ2v) is 4.26. The van der Waals surface area contributed by atoms with Crippen molar-refractivity contribution < 1.29 is 9.53 Å². The fourth-order valence-electron chi connectivity index (χ4n) is 1.75. The lowest BCUT2D eigenvalue weighted by molar-refractivity contribution is -0.129. The Labute approximate surface area is 98.6 Å². The van der Waals surface area contributed by atoms with Crippen molar-refractivity contribution in [3.05, 3.63) is 34.3 Å². The van der Waals surface area contributed by atoms with E-state index in [9.17, 15) is 4.79 Å². The van der Waals surface area contributed by atoms with Crippen molar-refractivity contribution in [3.8, 4) is 6.07 Å². The van der Waals surface area contributed by atoms with Crippen LogP contribution < -0.4 is 0 Å². The maximum absolute atomic E-state index is 10.1. The molecule has 2 rings (SSSR count). The van der Waals surface area contributed by atoms with Gasteiger partial charge in [0.2, 0.25) is 0 Å². The molecule has 1 aromatic rings. The summed E-state index contributed by atoms with van der Waals surface area (Å²) < 4.78 is 4.67. The van der Waals surface area contributed by atoms with Crippen molar-refractivity contribution in [1.82, 2.24) is 0 Å². The highest BCUT2D eigenvalue weighted by Crippen LogP contribution is 2.50. The summed E-state index contributed by atoms with van der Waals surface area (Å²) in [5, 5.41) is 9.65. The van der Waals surface area contributed by atoms with E-state index in [-0.39, 0.29) is 6.61 Å². The molecule has 82 valence electrons. The predicted octanol–water partition coefficient (Wildman–Crippen LogP) is 2.57. The molecule has 1 aliphatic rings. The fourth-order valence-corrected chi connectivity index (χ4v) is 2.11. The monoisotopic (exact) mass is 235 g/mol. The predicted molar refractivity (Wildman–Crippen MR) is 58.8 cm³/mol. The minimum atomic E-state index is -0.408. The number of carbonyl (C=O) groups is 1. The van der Waals surface area contributed by atoms with Crippen molar-refractivity contribution in [1.29, 1.82) is 5.26 Å². The van der Waals surface area contributed by atoms with Gasteiger partial charge in [-0.05, 0) is 18.4 Å². The first-order chi connectivity index (χ1) is 7.73. The van der Waals surface area contributed by atoms with E-state index < -0.39 is 5.41 Å². The topological polar surface area (TPSA) is 50.1 Å². The number of halogens is 1. The Morgan fingerprint density at radius 1 is 1.56 bits per heavy atom. The highest BCUT2D eigenvalue weighted by atomic mass is 35.5. The minimum absolute atomic E-state index is 0.150. The maximum atomic E-state index is 10.1. The molecular formula is C12H10ClNO2. The van der Waals surface area contributed by atoms with Gasteiger partial charge in [0, 0.05) is 5.56 Å². The summed E-state index contributed by atoms with van der Waals surface area (Å²) in [6.45, 7) is 0.540. The summed E-state index contributed by atoms with van der Waals surface area (Å²) in [6, 6.07) is 7.79. The first kappa shape index (κ1) is 11.0. The van der Waals surface area contributed by atoms with Gasteiger partial charge in [0.05, 0.1) is 16.5 Å². The van der Waals surface area contributed by atoms with Crippen LogP contribution in [0.2, 0.25) is 5.02 Å². The van der Waals surface area contributed by atoms with E-state index in [0.29, 0.717) is 11.5 Å². The summed E-state index contributed by atoms with van der Waals surface area (Å²) >= 11 is 6.20. The SMILES string of the molecule is N#CC1(c2cccc(COC=O)c2Cl)CC1. The standard InChI is InChI=1S/C12H10ClNO2/c13-11-9(6-16-8-15)2-1-3-10(11)12(7-14)4-5-12/h1-3,8H,4-6H2. The Morgan fingerprint density at radius 3 is 2.88 bits per heavy atom. The van der Waals surface area contributed by atoms with Crippen LogP contribution in [0.15, 0.2) is 18.2 Å². The van der Waals surface area contributed by atoms with Crippen LogP contribution >= 0.6 is 11.6 Å². The normalized spacial score (nSPS) is 16.2. The number of benzene rings is 1. The van der Waals surface area contributed by atoms with Crippen LogP contribution in [-0.2, 0) is 21.6 Å². The largest absolute Gasteiger partial charge is 0.463 e. The smallest absolute Gasteiger partial charge is 0.293 e. The summed E-state index contributed by atoms with van der Waals surface area (Å²) in [5.41, 5.74) is 1.19. The number of hydrogen-bond acceptors (Lipinski definition) is 3. The average Bonchev–Trinajstić information content (AvgIpc) is 3.09. The summed E-state index contributed by atoms with van der Waals surface area (Å²) in [5.74, 6) is 0. The number of hydrogen-bond donors (Lipinski definition) is 0. The molecule has 0 saturated heterocycles. The van der Waals surface area contributed by atoms with Crippen LogP contribution in [0.25, 0.3) is 0 Å². The molecule has 0 radical (unpaired) electrons. The molecule has 0 heterocycles. The number of rotatable bonds is 4. The van der Waals surface area contributed by atoms with Crippen LogP contribution in [0.1, 0.15) is 24.0 Å². The molecule has 1 aliphatic carbocycles. The summed E-state index contributed by atoms with van der Waals surface area (Å²) in [7, 11) is 0. The van der Waals surface area contributed by atoms with E-state index in [1.54, 1.807) is 6.07 Å². The molecule has 0 unspecified atom stereocenters. The zero-order valence-corrected chi connectivity index (χ0v) is 9.33. The van der Waals surface area contributed by atoms with Gasteiger partial charge in [-0.25, -0.2) is 0 Å². The third kappa shape index (κ3) is 1.77. The lowest BCUT2D eigenvalue weighted by atomic mass is 9.96. The van der Waals surface area contributed by atoms with Crippen molar-refractivity contribution in [3.63, 3.8) is 0 Å². The van der Waals surface area contributed by atoms with Crippen LogP contribution in [-0.4, -0.2) is 6.47 Å². The van der Waals surface area contributed by atoms with Crippen molar-refractivity contribution in [2.75, 3.05) is 0 Å². The van der Waals surface area contributed by atoms with Gasteiger partial charge in [-0.2, -0.15) is 5.26 Å². The second-order valence-electron chi connectivity index (χ2n) is 3.88. The summed E-state index contributed by atoms with van der Waals surface area (Å²) in [4.78, 5) is 10.1. The van der Waals surface area contributed by atoms with E-state index in [1.165, 1.54) is 0 Å². The Morgan fingerprint density at radius 2 is 2.31 bits per heavy atom. The number of nitriles is 1. The average molecular weight is 236 g/mol. The van der Waals surface area contributed by atoms with Crippen LogP contribution in [0, 0.1) is 11.3 Å². The molecule has 16 heavy (non-hydrogen) atoms. The molecule has 1 aromatic carbocycles. The number of carbonyl (C=O) groups excluding carboxylic acids is 1. The third-order valence-electron chi connectivity index (χ3n) is 2.87. The molecule has 0 aliphatic heterocycles. The van der Waals surface area contributed by atoms with Crippen LogP contribution in [0.5, 0.6) is 0 Å². The lowest BCUT2D eigenvalue weighted by Gasteiger charge is -2.11. The fraction of sp³-hybridized carbons (Fsp3) is 0.333. The Kier molecular flexibility index (Phi) is 2.84. The molecule has 4 heteroatoms. The third-order valence-corrected chi connectivity index (χ3v) is 3.31. The van der Waals surface area contributed by atoms with Gasteiger partial charge in [0.1, 0.15) is 6.61 Å². The number of ether oxygens (including phenoxy) is 1. The highest BCUT2D eigenvalue weighted by Gasteiger charge is 2.46. The van der Waals surface area contributed by atoms with Gasteiger partial charge in [-0.15, -0.1) is 0 Å². The van der Waals surface area contributed by atoms with E-state index in [2.05, 4.69) is 10.8 Å². The van der Waals surface area contributed by atoms with Gasteiger partial charge in [-0.1, -0.05) is 29.8 Å². The minimum Gasteiger partial charge on any atom is -0.463 e. The molecule has 0 spiro atoms. The molecule has 0 aromatic heterocycles. The Hall–Kier alpha value is -1.53. The molecule has 3 nitrogen and oxygen atoms in total. The van der Waals surface area contributed by atoms with E-state index in [1.807, 2.05) is 12.1 Å². The summed E-state index contributed by atoms with van der Waals surface area (Å²) in [6.07, 6.45) is 1.70. The molecule has 0 N–H and O–H groups in total.